The van der Waals surface area contributed by atoms with E-state index in [0.717, 1.165) is 0 Å². The highest BCUT2D eigenvalue weighted by Crippen LogP contribution is 2.26. The van der Waals surface area contributed by atoms with Crippen LogP contribution in [0.1, 0.15) is 31.3 Å². The van der Waals surface area contributed by atoms with Gasteiger partial charge in [-0.05, 0) is 46.3 Å². The second-order valence-corrected chi connectivity index (χ2v) is 5.67. The fraction of sp³-hybridized carbons (Fsp3) is 0.0667. The second-order valence-electron chi connectivity index (χ2n) is 4.89. The van der Waals surface area contributed by atoms with Crippen molar-refractivity contribution in [1.29, 1.82) is 0 Å². The quantitative estimate of drug-likeness (QED) is 0.763. The summed E-state index contributed by atoms with van der Waals surface area (Å²) in [5.74, 6) is -3.49. The highest BCUT2D eigenvalue weighted by atomic mass is 79.9. The summed E-state index contributed by atoms with van der Waals surface area (Å²) in [6, 6.07) is 7.10. The normalized spacial score (nSPS) is 13.1. The molecule has 0 saturated carbocycles. The Kier molecular flexibility index (Phi) is 3.94. The lowest BCUT2D eigenvalue weighted by Gasteiger charge is -2.13. The van der Waals surface area contributed by atoms with Gasteiger partial charge in [0.2, 0.25) is 0 Å². The predicted octanol–water partition coefficient (Wildman–Crippen LogP) is 0.640. The molecule has 0 spiro atoms. The number of halogens is 1. The molecule has 9 heteroatoms. The fourth-order valence-corrected chi connectivity index (χ4v) is 2.58. The Morgan fingerprint density at radius 1 is 1.12 bits per heavy atom. The van der Waals surface area contributed by atoms with Gasteiger partial charge in [-0.1, -0.05) is 0 Å². The molecule has 1 aromatic heterocycles. The van der Waals surface area contributed by atoms with Crippen LogP contribution in [0.3, 0.4) is 0 Å². The maximum Gasteiger partial charge on any atom is 0.291 e. The van der Waals surface area contributed by atoms with E-state index in [0.29, 0.717) is 9.57 Å². The van der Waals surface area contributed by atoms with Crippen LogP contribution in [0.5, 0.6) is 0 Å². The number of carboxylic acids is 1. The number of hydrogen-bond acceptors (Lipinski definition) is 6. The van der Waals surface area contributed by atoms with Crippen molar-refractivity contribution < 1.29 is 28.7 Å². The third kappa shape index (κ3) is 2.81. The maximum absolute atomic E-state index is 12.1. The first-order valence-electron chi connectivity index (χ1n) is 6.63. The van der Waals surface area contributed by atoms with Gasteiger partial charge in [0, 0.05) is 5.69 Å². The lowest BCUT2D eigenvalue weighted by atomic mass is 10.1. The van der Waals surface area contributed by atoms with Crippen LogP contribution < -0.4 is 10.4 Å². The maximum atomic E-state index is 12.1. The molecule has 0 atom stereocenters. The Morgan fingerprint density at radius 2 is 1.83 bits per heavy atom. The minimum absolute atomic E-state index is 0.0136. The highest BCUT2D eigenvalue weighted by molar-refractivity contribution is 9.10. The zero-order chi connectivity index (χ0) is 17.4. The molecule has 24 heavy (non-hydrogen) atoms. The average molecular weight is 392 g/mol. The van der Waals surface area contributed by atoms with E-state index in [-0.39, 0.29) is 22.6 Å². The molecule has 122 valence electrons. The summed E-state index contributed by atoms with van der Waals surface area (Å²) in [4.78, 5) is 47.4. The van der Waals surface area contributed by atoms with Gasteiger partial charge < -0.3 is 19.6 Å². The Bertz CT molecular complexity index is 888. The van der Waals surface area contributed by atoms with Gasteiger partial charge in [-0.15, -0.1) is 0 Å². The largest absolute Gasteiger partial charge is 0.548 e. The van der Waals surface area contributed by atoms with Crippen LogP contribution in [0.15, 0.2) is 39.4 Å². The third-order valence-corrected chi connectivity index (χ3v) is 3.74. The van der Waals surface area contributed by atoms with Crippen molar-refractivity contribution in [1.82, 2.24) is 4.90 Å². The van der Waals surface area contributed by atoms with Crippen molar-refractivity contribution in [2.24, 2.45) is 0 Å². The zero-order valence-corrected chi connectivity index (χ0v) is 13.5. The van der Waals surface area contributed by atoms with Crippen LogP contribution in [0.4, 0.5) is 5.69 Å². The number of nitrogens with zero attached hydrogens (tertiary/aromatic N) is 1. The standard InChI is InChI=1S/C15H9BrN2O6/c16-11-4-3-10(24-11)13(21)17-7-1-2-8-9(5-7)15(23)18(14(8)22)6-12(19)20/h1-5H,6H2,(H,17,21)(H,19,20)/p-1. The second kappa shape index (κ2) is 5.93. The van der Waals surface area contributed by atoms with E-state index in [9.17, 15) is 24.3 Å². The van der Waals surface area contributed by atoms with E-state index in [1.807, 2.05) is 0 Å². The van der Waals surface area contributed by atoms with Crippen molar-refractivity contribution in [2.75, 3.05) is 11.9 Å². The SMILES string of the molecule is O=C([O-])CN1C(=O)c2ccc(NC(=O)c3ccc(Br)o3)cc2C1=O. The molecule has 2 heterocycles. The predicted molar refractivity (Wildman–Crippen MR) is 81.2 cm³/mol. The number of imide groups is 1. The number of rotatable bonds is 4. The van der Waals surface area contributed by atoms with Gasteiger partial charge in [0.15, 0.2) is 10.4 Å². The molecule has 8 nitrogen and oxygen atoms in total. The summed E-state index contributed by atoms with van der Waals surface area (Å²) >= 11 is 3.08. The number of carbonyl (C=O) groups excluding carboxylic acids is 4. The molecule has 0 bridgehead atoms. The van der Waals surface area contributed by atoms with Gasteiger partial charge in [0.25, 0.3) is 17.7 Å². The number of nitrogens with one attached hydrogen (secondary N) is 1. The number of benzene rings is 1. The fourth-order valence-electron chi connectivity index (χ4n) is 2.27. The Hall–Kier alpha value is -2.94. The van der Waals surface area contributed by atoms with Gasteiger partial charge in [0.05, 0.1) is 23.6 Å². The summed E-state index contributed by atoms with van der Waals surface area (Å²) in [6.07, 6.45) is 0. The van der Waals surface area contributed by atoms with Gasteiger partial charge >= 0.3 is 0 Å². The van der Waals surface area contributed by atoms with E-state index in [1.54, 1.807) is 6.07 Å². The van der Waals surface area contributed by atoms with Crippen molar-refractivity contribution in [3.63, 3.8) is 0 Å². The molecule has 2 aromatic rings. The zero-order valence-electron chi connectivity index (χ0n) is 11.9. The summed E-state index contributed by atoms with van der Waals surface area (Å²) < 4.78 is 5.50. The monoisotopic (exact) mass is 391 g/mol. The number of carbonyl (C=O) groups is 4. The summed E-state index contributed by atoms with van der Waals surface area (Å²) in [6.45, 7) is -0.825. The van der Waals surface area contributed by atoms with E-state index in [1.165, 1.54) is 24.3 Å². The minimum Gasteiger partial charge on any atom is -0.548 e. The molecule has 0 saturated heterocycles. The Labute approximate surface area is 143 Å². The molecule has 1 N–H and O–H groups in total. The number of hydrogen-bond donors (Lipinski definition) is 1. The van der Waals surface area contributed by atoms with Crippen LogP contribution in [0, 0.1) is 0 Å². The summed E-state index contributed by atoms with van der Waals surface area (Å²) in [5, 5.41) is 13.2. The number of fused-ring (bicyclic) bond motifs is 1. The van der Waals surface area contributed by atoms with Gasteiger partial charge in [-0.25, -0.2) is 0 Å². The summed E-state index contributed by atoms with van der Waals surface area (Å²) in [7, 11) is 0. The van der Waals surface area contributed by atoms with E-state index in [2.05, 4.69) is 21.2 Å². The number of aliphatic carboxylic acids is 1. The van der Waals surface area contributed by atoms with Crippen LogP contribution in [-0.4, -0.2) is 35.1 Å². The topological polar surface area (TPSA) is 120 Å². The Morgan fingerprint density at radius 3 is 2.46 bits per heavy atom. The average Bonchev–Trinajstić information content (AvgIpc) is 3.05. The third-order valence-electron chi connectivity index (χ3n) is 3.31. The minimum atomic E-state index is -1.54. The number of amides is 3. The first kappa shape index (κ1) is 15.9. The number of carboxylic acid groups (broad SMARTS) is 1. The van der Waals surface area contributed by atoms with E-state index in [4.69, 9.17) is 4.42 Å². The lowest BCUT2D eigenvalue weighted by Crippen LogP contribution is -2.41. The van der Waals surface area contributed by atoms with E-state index < -0.39 is 30.2 Å². The molecule has 0 fully saturated rings. The molecular weight excluding hydrogens is 384 g/mol. The van der Waals surface area contributed by atoms with E-state index >= 15 is 0 Å². The van der Waals surface area contributed by atoms with Crippen molar-refractivity contribution in [2.45, 2.75) is 0 Å². The van der Waals surface area contributed by atoms with Crippen LogP contribution >= 0.6 is 15.9 Å². The summed E-state index contributed by atoms with van der Waals surface area (Å²) in [5.41, 5.74) is 0.349. The molecule has 1 aliphatic rings. The smallest absolute Gasteiger partial charge is 0.291 e. The van der Waals surface area contributed by atoms with Crippen molar-refractivity contribution in [3.05, 3.63) is 51.9 Å². The van der Waals surface area contributed by atoms with Crippen molar-refractivity contribution in [3.8, 4) is 0 Å². The molecule has 0 aliphatic carbocycles. The van der Waals surface area contributed by atoms with Gasteiger partial charge in [-0.3, -0.25) is 19.3 Å². The molecule has 0 radical (unpaired) electrons. The molecule has 0 unspecified atom stereocenters. The first-order chi connectivity index (χ1) is 11.4. The van der Waals surface area contributed by atoms with Crippen molar-refractivity contribution >= 4 is 45.3 Å². The van der Waals surface area contributed by atoms with Gasteiger partial charge in [-0.2, -0.15) is 0 Å². The molecule has 3 rings (SSSR count). The number of furan rings is 1. The van der Waals surface area contributed by atoms with Crippen LogP contribution in [0.2, 0.25) is 0 Å². The number of anilines is 1. The molecule has 1 aliphatic heterocycles. The molecular formula is C15H8BrN2O6-. The lowest BCUT2D eigenvalue weighted by molar-refractivity contribution is -0.305. The Balaban J connectivity index is 1.84. The first-order valence-corrected chi connectivity index (χ1v) is 7.43. The van der Waals surface area contributed by atoms with Crippen LogP contribution in [0.25, 0.3) is 0 Å². The van der Waals surface area contributed by atoms with Gasteiger partial charge in [0.1, 0.15) is 0 Å². The van der Waals surface area contributed by atoms with Crippen LogP contribution in [-0.2, 0) is 4.79 Å². The molecule has 3 amide bonds. The highest BCUT2D eigenvalue weighted by Gasteiger charge is 2.35. The molecule has 1 aromatic carbocycles.